The smallest absolute Gasteiger partial charge is 0.308 e. The first-order valence-electron chi connectivity index (χ1n) is 5.53. The number of carboxylic acids is 1. The van der Waals surface area contributed by atoms with E-state index in [-0.39, 0.29) is 11.9 Å². The zero-order chi connectivity index (χ0) is 12.6. The van der Waals surface area contributed by atoms with Gasteiger partial charge in [-0.2, -0.15) is 5.10 Å². The normalized spacial score (nSPS) is 24.0. The Bertz CT molecular complexity index is 455. The number of aliphatic carboxylic acids is 1. The standard InChI is InChI=1S/C11H15N3O3/c1-7-9(11(16)17)3-4-14(7)10(15)8-5-12-13(2)6-8/h5-7,9H,3-4H2,1-2H3,(H,16,17). The van der Waals surface area contributed by atoms with Crippen LogP contribution in [0.2, 0.25) is 0 Å². The van der Waals surface area contributed by atoms with Gasteiger partial charge in [0.2, 0.25) is 0 Å². The average Bonchev–Trinajstić information content (AvgIpc) is 2.83. The summed E-state index contributed by atoms with van der Waals surface area (Å²) >= 11 is 0. The Kier molecular flexibility index (Phi) is 2.87. The van der Waals surface area contributed by atoms with E-state index in [0.29, 0.717) is 18.5 Å². The molecular weight excluding hydrogens is 222 g/mol. The lowest BCUT2D eigenvalue weighted by Crippen LogP contribution is -2.37. The third kappa shape index (κ3) is 2.02. The molecule has 2 heterocycles. The molecule has 0 bridgehead atoms. The highest BCUT2D eigenvalue weighted by atomic mass is 16.4. The second-order valence-electron chi connectivity index (χ2n) is 4.38. The van der Waals surface area contributed by atoms with Crippen molar-refractivity contribution in [1.29, 1.82) is 0 Å². The minimum Gasteiger partial charge on any atom is -0.481 e. The summed E-state index contributed by atoms with van der Waals surface area (Å²) in [6.07, 6.45) is 3.66. The minimum absolute atomic E-state index is 0.144. The van der Waals surface area contributed by atoms with E-state index in [1.165, 1.54) is 6.20 Å². The van der Waals surface area contributed by atoms with Gasteiger partial charge in [0.1, 0.15) is 0 Å². The molecule has 6 heteroatoms. The Balaban J connectivity index is 2.14. The molecule has 1 amide bonds. The van der Waals surface area contributed by atoms with Gasteiger partial charge < -0.3 is 10.0 Å². The SMILES string of the molecule is CC1C(C(=O)O)CCN1C(=O)c1cnn(C)c1. The minimum atomic E-state index is -0.834. The van der Waals surface area contributed by atoms with Crippen molar-refractivity contribution in [2.75, 3.05) is 6.54 Å². The van der Waals surface area contributed by atoms with Crippen molar-refractivity contribution in [2.24, 2.45) is 13.0 Å². The Morgan fingerprint density at radius 3 is 2.71 bits per heavy atom. The fraction of sp³-hybridized carbons (Fsp3) is 0.545. The van der Waals surface area contributed by atoms with Gasteiger partial charge in [-0.25, -0.2) is 0 Å². The van der Waals surface area contributed by atoms with Crippen LogP contribution in [0.15, 0.2) is 12.4 Å². The topological polar surface area (TPSA) is 75.4 Å². The number of hydrogen-bond donors (Lipinski definition) is 1. The molecule has 1 fully saturated rings. The maximum absolute atomic E-state index is 12.1. The maximum Gasteiger partial charge on any atom is 0.308 e. The first-order valence-corrected chi connectivity index (χ1v) is 5.53. The van der Waals surface area contributed by atoms with Gasteiger partial charge in [-0.15, -0.1) is 0 Å². The van der Waals surface area contributed by atoms with E-state index < -0.39 is 11.9 Å². The number of rotatable bonds is 2. The number of carboxylic acid groups (broad SMARTS) is 1. The summed E-state index contributed by atoms with van der Waals surface area (Å²) in [4.78, 5) is 24.7. The fourth-order valence-corrected chi connectivity index (χ4v) is 2.25. The van der Waals surface area contributed by atoms with E-state index in [1.807, 2.05) is 0 Å². The molecule has 17 heavy (non-hydrogen) atoms. The Morgan fingerprint density at radius 2 is 2.24 bits per heavy atom. The molecule has 1 saturated heterocycles. The Labute approximate surface area is 98.8 Å². The summed E-state index contributed by atoms with van der Waals surface area (Å²) in [5.41, 5.74) is 0.505. The second-order valence-corrected chi connectivity index (χ2v) is 4.38. The van der Waals surface area contributed by atoms with Gasteiger partial charge in [0.15, 0.2) is 0 Å². The largest absolute Gasteiger partial charge is 0.481 e. The third-order valence-electron chi connectivity index (χ3n) is 3.28. The molecule has 2 atom stereocenters. The molecule has 0 spiro atoms. The summed E-state index contributed by atoms with van der Waals surface area (Å²) in [6, 6.07) is -0.264. The Morgan fingerprint density at radius 1 is 1.53 bits per heavy atom. The zero-order valence-electron chi connectivity index (χ0n) is 9.83. The second kappa shape index (κ2) is 4.20. The lowest BCUT2D eigenvalue weighted by molar-refractivity contribution is -0.142. The highest BCUT2D eigenvalue weighted by molar-refractivity contribution is 5.94. The number of carbonyl (C=O) groups is 2. The number of nitrogens with zero attached hydrogens (tertiary/aromatic N) is 3. The van der Waals surface area contributed by atoms with Crippen LogP contribution < -0.4 is 0 Å². The van der Waals surface area contributed by atoms with E-state index in [4.69, 9.17) is 5.11 Å². The maximum atomic E-state index is 12.1. The molecule has 0 saturated carbocycles. The molecule has 1 aromatic rings. The molecule has 1 aromatic heterocycles. The molecule has 92 valence electrons. The van der Waals surface area contributed by atoms with Crippen molar-refractivity contribution in [1.82, 2.24) is 14.7 Å². The highest BCUT2D eigenvalue weighted by Crippen LogP contribution is 2.25. The van der Waals surface area contributed by atoms with Crippen molar-refractivity contribution < 1.29 is 14.7 Å². The molecular formula is C11H15N3O3. The summed E-state index contributed by atoms with van der Waals surface area (Å²) in [5, 5.41) is 12.9. The van der Waals surface area contributed by atoms with Gasteiger partial charge in [-0.1, -0.05) is 0 Å². The van der Waals surface area contributed by atoms with Gasteiger partial charge in [0, 0.05) is 25.8 Å². The lowest BCUT2D eigenvalue weighted by atomic mass is 10.0. The van der Waals surface area contributed by atoms with Crippen LogP contribution in [-0.4, -0.2) is 44.3 Å². The molecule has 0 aromatic carbocycles. The zero-order valence-corrected chi connectivity index (χ0v) is 9.83. The monoisotopic (exact) mass is 237 g/mol. The predicted octanol–water partition coefficient (Wildman–Crippen LogP) is 0.355. The first-order chi connectivity index (χ1) is 8.00. The van der Waals surface area contributed by atoms with Gasteiger partial charge >= 0.3 is 5.97 Å². The van der Waals surface area contributed by atoms with E-state index >= 15 is 0 Å². The molecule has 2 unspecified atom stereocenters. The van der Waals surface area contributed by atoms with Crippen molar-refractivity contribution >= 4 is 11.9 Å². The van der Waals surface area contributed by atoms with Crippen LogP contribution in [0.5, 0.6) is 0 Å². The van der Waals surface area contributed by atoms with Crippen LogP contribution >= 0.6 is 0 Å². The fourth-order valence-electron chi connectivity index (χ4n) is 2.25. The molecule has 6 nitrogen and oxygen atoms in total. The van der Waals surface area contributed by atoms with Crippen molar-refractivity contribution in [3.63, 3.8) is 0 Å². The van der Waals surface area contributed by atoms with Crippen LogP contribution in [0.1, 0.15) is 23.7 Å². The molecule has 1 N–H and O–H groups in total. The predicted molar refractivity (Wildman–Crippen MR) is 59.4 cm³/mol. The average molecular weight is 237 g/mol. The van der Waals surface area contributed by atoms with Crippen molar-refractivity contribution in [3.8, 4) is 0 Å². The van der Waals surface area contributed by atoms with Crippen LogP contribution in [0.4, 0.5) is 0 Å². The number of amides is 1. The van der Waals surface area contributed by atoms with Crippen LogP contribution in [0.3, 0.4) is 0 Å². The molecule has 0 radical (unpaired) electrons. The number of hydrogen-bond acceptors (Lipinski definition) is 3. The van der Waals surface area contributed by atoms with Gasteiger partial charge in [0.25, 0.3) is 5.91 Å². The molecule has 1 aliphatic heterocycles. The van der Waals surface area contributed by atoms with Gasteiger partial charge in [-0.05, 0) is 13.3 Å². The van der Waals surface area contributed by atoms with Crippen LogP contribution in [-0.2, 0) is 11.8 Å². The van der Waals surface area contributed by atoms with Gasteiger partial charge in [0.05, 0.1) is 17.7 Å². The van der Waals surface area contributed by atoms with Gasteiger partial charge in [-0.3, -0.25) is 14.3 Å². The lowest BCUT2D eigenvalue weighted by Gasteiger charge is -2.22. The van der Waals surface area contributed by atoms with E-state index in [9.17, 15) is 9.59 Å². The van der Waals surface area contributed by atoms with Crippen molar-refractivity contribution in [3.05, 3.63) is 18.0 Å². The third-order valence-corrected chi connectivity index (χ3v) is 3.28. The molecule has 2 rings (SSSR count). The number of likely N-dealkylation sites (tertiary alicyclic amines) is 1. The van der Waals surface area contributed by atoms with E-state index in [0.717, 1.165) is 0 Å². The summed E-state index contributed by atoms with van der Waals surface area (Å²) in [6.45, 7) is 2.27. The Hall–Kier alpha value is -1.85. The summed E-state index contributed by atoms with van der Waals surface area (Å²) < 4.78 is 1.56. The van der Waals surface area contributed by atoms with Crippen molar-refractivity contribution in [2.45, 2.75) is 19.4 Å². The number of carbonyl (C=O) groups excluding carboxylic acids is 1. The van der Waals surface area contributed by atoms with Crippen LogP contribution in [0.25, 0.3) is 0 Å². The summed E-state index contributed by atoms with van der Waals surface area (Å²) in [5.74, 6) is -1.44. The molecule has 1 aliphatic rings. The van der Waals surface area contributed by atoms with E-state index in [1.54, 1.807) is 29.7 Å². The summed E-state index contributed by atoms with van der Waals surface area (Å²) in [7, 11) is 1.74. The quantitative estimate of drug-likeness (QED) is 0.805. The molecule has 0 aliphatic carbocycles. The first kappa shape index (κ1) is 11.6. The highest BCUT2D eigenvalue weighted by Gasteiger charge is 2.38. The van der Waals surface area contributed by atoms with Crippen LogP contribution in [0, 0.1) is 5.92 Å². The van der Waals surface area contributed by atoms with E-state index in [2.05, 4.69) is 5.10 Å². The number of aryl methyl sites for hydroxylation is 1. The number of aromatic nitrogens is 2.